The van der Waals surface area contributed by atoms with Crippen LogP contribution in [0.15, 0.2) is 0 Å². The van der Waals surface area contributed by atoms with Crippen molar-refractivity contribution in [3.8, 4) is 0 Å². The standard InChI is InChI=1S/C11H18F3N5/c1-7-8(15)3-2-6-19(7)10-16-9(17-18-10)4-5-11(12,13)14/h7-8H,2-6,15H2,1H3,(H,16,17,18). The zero-order valence-electron chi connectivity index (χ0n) is 10.7. The zero-order valence-corrected chi connectivity index (χ0v) is 10.7. The SMILES string of the molecule is CC1C(N)CCCN1c1n[nH]c(CCC(F)(F)F)n1. The lowest BCUT2D eigenvalue weighted by molar-refractivity contribution is -0.134. The number of alkyl halides is 3. The van der Waals surface area contributed by atoms with Crippen LogP contribution in [0.25, 0.3) is 0 Å². The summed E-state index contributed by atoms with van der Waals surface area (Å²) in [6.45, 7) is 2.76. The van der Waals surface area contributed by atoms with Gasteiger partial charge in [-0.25, -0.2) is 0 Å². The number of aromatic amines is 1. The van der Waals surface area contributed by atoms with E-state index >= 15 is 0 Å². The van der Waals surface area contributed by atoms with Crippen molar-refractivity contribution in [2.45, 2.75) is 50.9 Å². The van der Waals surface area contributed by atoms with Crippen molar-refractivity contribution >= 4 is 5.95 Å². The molecule has 2 heterocycles. The van der Waals surface area contributed by atoms with E-state index in [9.17, 15) is 13.2 Å². The molecular weight excluding hydrogens is 259 g/mol. The predicted molar refractivity (Wildman–Crippen MR) is 64.8 cm³/mol. The van der Waals surface area contributed by atoms with Crippen LogP contribution in [0.5, 0.6) is 0 Å². The van der Waals surface area contributed by atoms with Gasteiger partial charge in [-0.05, 0) is 19.8 Å². The van der Waals surface area contributed by atoms with Crippen molar-refractivity contribution in [1.29, 1.82) is 0 Å². The molecule has 1 aliphatic rings. The number of aryl methyl sites for hydroxylation is 1. The van der Waals surface area contributed by atoms with Gasteiger partial charge in [-0.1, -0.05) is 0 Å². The number of nitrogens with two attached hydrogens (primary N) is 1. The van der Waals surface area contributed by atoms with Gasteiger partial charge in [-0.2, -0.15) is 18.2 Å². The van der Waals surface area contributed by atoms with E-state index in [1.54, 1.807) is 0 Å². The predicted octanol–water partition coefficient (Wildman–Crippen LogP) is 1.62. The molecule has 19 heavy (non-hydrogen) atoms. The minimum atomic E-state index is -4.17. The first-order valence-corrected chi connectivity index (χ1v) is 6.37. The second-order valence-corrected chi connectivity index (χ2v) is 4.94. The molecule has 8 heteroatoms. The third-order valence-electron chi connectivity index (χ3n) is 3.47. The smallest absolute Gasteiger partial charge is 0.335 e. The fraction of sp³-hybridized carbons (Fsp3) is 0.818. The summed E-state index contributed by atoms with van der Waals surface area (Å²) in [7, 11) is 0. The highest BCUT2D eigenvalue weighted by Gasteiger charge is 2.29. The number of nitrogens with zero attached hydrogens (tertiary/aromatic N) is 3. The molecule has 2 rings (SSSR count). The summed E-state index contributed by atoms with van der Waals surface area (Å²) in [5.41, 5.74) is 5.97. The van der Waals surface area contributed by atoms with Gasteiger partial charge in [0.1, 0.15) is 5.82 Å². The topological polar surface area (TPSA) is 70.8 Å². The quantitative estimate of drug-likeness (QED) is 0.880. The molecule has 5 nitrogen and oxygen atoms in total. The average Bonchev–Trinajstić information content (AvgIpc) is 2.78. The first kappa shape index (κ1) is 14.1. The molecule has 0 aliphatic carbocycles. The number of piperidine rings is 1. The third-order valence-corrected chi connectivity index (χ3v) is 3.47. The van der Waals surface area contributed by atoms with Gasteiger partial charge in [0.05, 0.1) is 6.42 Å². The molecule has 2 atom stereocenters. The number of hydrogen-bond acceptors (Lipinski definition) is 4. The number of hydrogen-bond donors (Lipinski definition) is 2. The molecular formula is C11H18F3N5. The lowest BCUT2D eigenvalue weighted by Crippen LogP contribution is -2.51. The van der Waals surface area contributed by atoms with Crippen LogP contribution in [0.2, 0.25) is 0 Å². The lowest BCUT2D eigenvalue weighted by atomic mass is 9.99. The van der Waals surface area contributed by atoms with E-state index in [1.807, 2.05) is 11.8 Å². The second-order valence-electron chi connectivity index (χ2n) is 4.94. The summed E-state index contributed by atoms with van der Waals surface area (Å²) in [6, 6.07) is 0.144. The Kier molecular flexibility index (Phi) is 3.98. The maximum atomic E-state index is 12.1. The van der Waals surface area contributed by atoms with Crippen LogP contribution in [0.3, 0.4) is 0 Å². The maximum absolute atomic E-state index is 12.1. The second kappa shape index (κ2) is 5.36. The maximum Gasteiger partial charge on any atom is 0.389 e. The van der Waals surface area contributed by atoms with Gasteiger partial charge in [0.2, 0.25) is 5.95 Å². The molecule has 1 saturated heterocycles. The van der Waals surface area contributed by atoms with E-state index in [0.29, 0.717) is 5.95 Å². The van der Waals surface area contributed by atoms with Crippen LogP contribution in [-0.2, 0) is 6.42 Å². The first-order valence-electron chi connectivity index (χ1n) is 6.37. The Morgan fingerprint density at radius 2 is 2.21 bits per heavy atom. The van der Waals surface area contributed by atoms with Crippen LogP contribution in [0.4, 0.5) is 19.1 Å². The highest BCUT2D eigenvalue weighted by atomic mass is 19.4. The monoisotopic (exact) mass is 277 g/mol. The summed E-state index contributed by atoms with van der Waals surface area (Å²) in [5, 5.41) is 6.56. The minimum absolute atomic E-state index is 0.0471. The molecule has 0 aromatic carbocycles. The highest BCUT2D eigenvalue weighted by molar-refractivity contribution is 5.32. The van der Waals surface area contributed by atoms with Gasteiger partial charge < -0.3 is 10.6 Å². The number of H-pyrrole nitrogens is 1. The summed E-state index contributed by atoms with van der Waals surface area (Å²) in [6.07, 6.45) is -3.35. The van der Waals surface area contributed by atoms with Crippen LogP contribution < -0.4 is 10.6 Å². The molecule has 2 unspecified atom stereocenters. The zero-order chi connectivity index (χ0) is 14.0. The molecule has 1 aliphatic heterocycles. The van der Waals surface area contributed by atoms with Crippen molar-refractivity contribution in [1.82, 2.24) is 15.2 Å². The minimum Gasteiger partial charge on any atom is -0.335 e. The fourth-order valence-corrected chi connectivity index (χ4v) is 2.24. The van der Waals surface area contributed by atoms with E-state index < -0.39 is 12.6 Å². The lowest BCUT2D eigenvalue weighted by Gasteiger charge is -2.36. The van der Waals surface area contributed by atoms with Gasteiger partial charge in [-0.3, -0.25) is 5.10 Å². The Bertz CT molecular complexity index is 417. The van der Waals surface area contributed by atoms with E-state index in [0.717, 1.165) is 19.4 Å². The highest BCUT2D eigenvalue weighted by Crippen LogP contribution is 2.23. The molecule has 108 valence electrons. The molecule has 0 bridgehead atoms. The van der Waals surface area contributed by atoms with E-state index in [1.165, 1.54) is 0 Å². The molecule has 0 radical (unpaired) electrons. The first-order chi connectivity index (χ1) is 8.87. The van der Waals surface area contributed by atoms with Gasteiger partial charge in [-0.15, -0.1) is 5.10 Å². The average molecular weight is 277 g/mol. The summed E-state index contributed by atoms with van der Waals surface area (Å²) >= 11 is 0. The van der Waals surface area contributed by atoms with Crippen molar-refractivity contribution < 1.29 is 13.2 Å². The van der Waals surface area contributed by atoms with E-state index in [2.05, 4.69) is 15.2 Å². The fourth-order valence-electron chi connectivity index (χ4n) is 2.24. The van der Waals surface area contributed by atoms with Crippen molar-refractivity contribution in [3.63, 3.8) is 0 Å². The molecule has 0 amide bonds. The van der Waals surface area contributed by atoms with Gasteiger partial charge in [0, 0.05) is 25.0 Å². The van der Waals surface area contributed by atoms with E-state index in [4.69, 9.17) is 5.73 Å². The van der Waals surface area contributed by atoms with Crippen LogP contribution in [0.1, 0.15) is 32.0 Å². The van der Waals surface area contributed by atoms with Crippen LogP contribution in [-0.4, -0.2) is 40.0 Å². The third kappa shape index (κ3) is 3.59. The number of rotatable bonds is 3. The largest absolute Gasteiger partial charge is 0.389 e. The number of nitrogens with one attached hydrogen (secondary N) is 1. The van der Waals surface area contributed by atoms with Gasteiger partial charge >= 0.3 is 6.18 Å². The molecule has 1 aromatic heterocycles. The molecule has 0 saturated carbocycles. The Balaban J connectivity index is 2.00. The van der Waals surface area contributed by atoms with E-state index in [-0.39, 0.29) is 24.3 Å². The normalized spacial score (nSPS) is 24.8. The van der Waals surface area contributed by atoms with Gasteiger partial charge in [0.25, 0.3) is 0 Å². The summed E-state index contributed by atoms with van der Waals surface area (Å²) < 4.78 is 36.4. The molecule has 1 fully saturated rings. The van der Waals surface area contributed by atoms with Crippen LogP contribution >= 0.6 is 0 Å². The number of halogens is 3. The number of anilines is 1. The van der Waals surface area contributed by atoms with Crippen molar-refractivity contribution in [2.75, 3.05) is 11.4 Å². The van der Waals surface area contributed by atoms with Crippen molar-refractivity contribution in [3.05, 3.63) is 5.82 Å². The Morgan fingerprint density at radius 1 is 1.47 bits per heavy atom. The number of aromatic nitrogens is 3. The molecule has 1 aromatic rings. The van der Waals surface area contributed by atoms with Crippen LogP contribution in [0, 0.1) is 0 Å². The van der Waals surface area contributed by atoms with Crippen molar-refractivity contribution in [2.24, 2.45) is 5.73 Å². The van der Waals surface area contributed by atoms with Gasteiger partial charge in [0.15, 0.2) is 0 Å². The Hall–Kier alpha value is -1.31. The summed E-state index contributed by atoms with van der Waals surface area (Å²) in [4.78, 5) is 6.07. The molecule has 3 N–H and O–H groups in total. The molecule has 0 spiro atoms. The summed E-state index contributed by atoms with van der Waals surface area (Å²) in [5.74, 6) is 0.707. The Morgan fingerprint density at radius 3 is 2.89 bits per heavy atom. The Labute approximate surface area is 109 Å².